The molecular weight excluding hydrogens is 845 g/mol. The molecule has 1 fully saturated rings. The zero-order valence-electron chi connectivity index (χ0n) is 38.5. The Hall–Kier alpha value is -3.56. The molecule has 65 heavy (non-hydrogen) atoms. The quantitative estimate of drug-likeness (QED) is 0.143. The first-order chi connectivity index (χ1) is 30.7. The van der Waals surface area contributed by atoms with Crippen LogP contribution in [0.4, 0.5) is 4.79 Å². The Balaban J connectivity index is 2.27. The number of allylic oxidation sites excluding steroid dienone is 12. The summed E-state index contributed by atoms with van der Waals surface area (Å²) in [7, 11) is 1.43. The van der Waals surface area contributed by atoms with E-state index in [0.29, 0.717) is 0 Å². The Morgan fingerprint density at radius 1 is 0.646 bits per heavy atom. The van der Waals surface area contributed by atoms with Gasteiger partial charge in [0.05, 0.1) is 61.4 Å². The molecule has 2 rings (SSSR count). The van der Waals surface area contributed by atoms with E-state index in [4.69, 9.17) is 14.2 Å². The second-order valence-electron chi connectivity index (χ2n) is 17.4. The Bertz CT molecular complexity index is 1580. The van der Waals surface area contributed by atoms with Gasteiger partial charge in [0.1, 0.15) is 12.2 Å². The third-order valence-corrected chi connectivity index (χ3v) is 11.6. The number of ether oxygens (including phenoxy) is 3. The summed E-state index contributed by atoms with van der Waals surface area (Å²) in [6.45, 7) is 6.92. The third-order valence-electron chi connectivity index (χ3n) is 11.6. The van der Waals surface area contributed by atoms with Crippen LogP contribution in [0.5, 0.6) is 0 Å². The minimum Gasteiger partial charge on any atom is -0.462 e. The van der Waals surface area contributed by atoms with E-state index in [2.05, 4.69) is 10.6 Å². The summed E-state index contributed by atoms with van der Waals surface area (Å²) >= 11 is 0. The van der Waals surface area contributed by atoms with Crippen molar-refractivity contribution in [3.05, 3.63) is 85.1 Å². The summed E-state index contributed by atoms with van der Waals surface area (Å²) < 4.78 is 17.4. The van der Waals surface area contributed by atoms with Crippen molar-refractivity contribution in [3.63, 3.8) is 0 Å². The summed E-state index contributed by atoms with van der Waals surface area (Å²) in [6.07, 6.45) is 11.4. The van der Waals surface area contributed by atoms with Crippen LogP contribution < -0.4 is 10.6 Å². The number of cyclic esters (lactones) is 1. The monoisotopic (exact) mass is 923 g/mol. The fourth-order valence-electron chi connectivity index (χ4n) is 7.33. The molecule has 12 N–H and O–H groups in total. The molecule has 370 valence electrons. The molecule has 15 atom stereocenters. The predicted octanol–water partition coefficient (Wildman–Crippen LogP) is 2.38. The average molecular weight is 923 g/mol. The van der Waals surface area contributed by atoms with E-state index in [-0.39, 0.29) is 57.3 Å². The van der Waals surface area contributed by atoms with Crippen LogP contribution in [0.2, 0.25) is 0 Å². The highest BCUT2D eigenvalue weighted by molar-refractivity contribution is 5.73. The van der Waals surface area contributed by atoms with Gasteiger partial charge in [-0.1, -0.05) is 98.9 Å². The van der Waals surface area contributed by atoms with Gasteiger partial charge in [-0.2, -0.15) is 0 Å². The number of carbonyl (C=O) groups is 2. The van der Waals surface area contributed by atoms with Crippen molar-refractivity contribution in [1.82, 2.24) is 10.6 Å². The molecule has 0 aromatic rings. The van der Waals surface area contributed by atoms with Gasteiger partial charge in [-0.15, -0.1) is 0 Å². The Morgan fingerprint density at radius 2 is 1.23 bits per heavy atom. The van der Waals surface area contributed by atoms with Crippen LogP contribution in [0.15, 0.2) is 85.1 Å². The van der Waals surface area contributed by atoms with E-state index in [1.165, 1.54) is 7.05 Å². The number of amides is 2. The molecule has 17 heteroatoms. The van der Waals surface area contributed by atoms with Gasteiger partial charge in [0.2, 0.25) is 0 Å². The number of rotatable bonds is 3. The van der Waals surface area contributed by atoms with Crippen LogP contribution in [0.1, 0.15) is 98.3 Å². The maximum absolute atomic E-state index is 12.6. The molecule has 2 heterocycles. The smallest absolute Gasteiger partial charge is 0.314 e. The molecule has 2 aliphatic heterocycles. The lowest BCUT2D eigenvalue weighted by molar-refractivity contribution is -0.270. The third kappa shape index (κ3) is 24.2. The maximum Gasteiger partial charge on any atom is 0.314 e. The summed E-state index contributed by atoms with van der Waals surface area (Å²) in [4.78, 5) is 25.0. The molecule has 0 aromatic carbocycles. The summed E-state index contributed by atoms with van der Waals surface area (Å²) in [5, 5.41) is 111. The second kappa shape index (κ2) is 30.7. The summed E-state index contributed by atoms with van der Waals surface area (Å²) in [5.74, 6) is -3.86. The van der Waals surface area contributed by atoms with Gasteiger partial charge in [0.25, 0.3) is 0 Å². The van der Waals surface area contributed by atoms with E-state index >= 15 is 0 Å². The number of aliphatic hydroxyl groups is 10. The fourth-order valence-corrected chi connectivity index (χ4v) is 7.33. The lowest BCUT2D eigenvalue weighted by Gasteiger charge is -2.37. The van der Waals surface area contributed by atoms with Gasteiger partial charge in [0, 0.05) is 50.6 Å². The molecule has 2 aliphatic rings. The van der Waals surface area contributed by atoms with Crippen LogP contribution in [0, 0.1) is 11.8 Å². The minimum absolute atomic E-state index is 0.0449. The van der Waals surface area contributed by atoms with E-state index in [9.17, 15) is 60.7 Å². The minimum atomic E-state index is -2.44. The van der Waals surface area contributed by atoms with Crippen molar-refractivity contribution >= 4 is 12.0 Å². The van der Waals surface area contributed by atoms with Gasteiger partial charge >= 0.3 is 12.0 Å². The molecule has 0 saturated carbocycles. The highest BCUT2D eigenvalue weighted by Crippen LogP contribution is 2.26. The second-order valence-corrected chi connectivity index (χ2v) is 17.4. The van der Waals surface area contributed by atoms with Gasteiger partial charge < -0.3 is 75.9 Å². The van der Waals surface area contributed by atoms with Crippen LogP contribution in [-0.4, -0.2) is 155 Å². The Labute approximate surface area is 384 Å². The Morgan fingerprint density at radius 3 is 1.83 bits per heavy atom. The highest BCUT2D eigenvalue weighted by atomic mass is 16.7. The first kappa shape index (κ1) is 57.6. The summed E-state index contributed by atoms with van der Waals surface area (Å²) in [5.41, 5.74) is 0. The van der Waals surface area contributed by atoms with Crippen LogP contribution in [0.3, 0.4) is 0 Å². The first-order valence-corrected chi connectivity index (χ1v) is 22.8. The molecule has 0 bridgehead atoms. The average Bonchev–Trinajstić information content (AvgIpc) is 3.23. The van der Waals surface area contributed by atoms with Crippen molar-refractivity contribution in [1.29, 1.82) is 0 Å². The van der Waals surface area contributed by atoms with Crippen molar-refractivity contribution in [2.24, 2.45) is 11.8 Å². The normalized spacial score (nSPS) is 40.0. The van der Waals surface area contributed by atoms with E-state index < -0.39 is 122 Å². The van der Waals surface area contributed by atoms with Gasteiger partial charge in [-0.3, -0.25) is 4.79 Å². The Kier molecular flexibility index (Phi) is 27.2. The SMILES string of the molecule is CNC(=O)N[C@H]1CC[C@@H](O[C@@H]2O[C@H](C)[C@@H](O)C[C@@H]2O)/C=C/C=C/C=C/C=C/C=C/C=C/C=C/[C@H](C)[C@@H](O)[C@@H](C)[C@H](C)OC(=O)C[C@H](O)C[C@H](O)CC[C@@H](O)[C@H](O)C[C@H](O)CC(O)(O)CC1. The lowest BCUT2D eigenvalue weighted by atomic mass is 9.89. The van der Waals surface area contributed by atoms with Gasteiger partial charge in [0.15, 0.2) is 12.1 Å². The van der Waals surface area contributed by atoms with Crippen LogP contribution >= 0.6 is 0 Å². The molecule has 1 saturated heterocycles. The zero-order valence-corrected chi connectivity index (χ0v) is 38.5. The van der Waals surface area contributed by atoms with E-state index in [1.54, 1.807) is 45.1 Å². The number of hydrogen-bond donors (Lipinski definition) is 12. The van der Waals surface area contributed by atoms with Crippen molar-refractivity contribution in [2.45, 2.75) is 184 Å². The number of aliphatic hydroxyl groups excluding tert-OH is 8. The maximum atomic E-state index is 12.6. The van der Waals surface area contributed by atoms with E-state index in [1.807, 2.05) is 67.7 Å². The van der Waals surface area contributed by atoms with Gasteiger partial charge in [-0.25, -0.2) is 4.79 Å². The van der Waals surface area contributed by atoms with E-state index in [0.717, 1.165) is 0 Å². The molecule has 2 amide bonds. The van der Waals surface area contributed by atoms with Crippen molar-refractivity contribution in [3.8, 4) is 0 Å². The zero-order chi connectivity index (χ0) is 48.5. The number of hydrogen-bond acceptors (Lipinski definition) is 15. The van der Waals surface area contributed by atoms with Crippen molar-refractivity contribution < 1.29 is 74.9 Å². The molecule has 0 unspecified atom stereocenters. The van der Waals surface area contributed by atoms with Crippen LogP contribution in [-0.2, 0) is 19.0 Å². The van der Waals surface area contributed by atoms with Crippen LogP contribution in [0.25, 0.3) is 0 Å². The molecule has 17 nitrogen and oxygen atoms in total. The standard InChI is InChI=1S/C48H78N2O15/c1-31-18-16-14-12-10-8-6-7-9-11-13-15-17-19-39(65-46-43(57)29-41(55)34(4)64-46)22-20-35(50-47(60)49-5)24-25-48(61,62)30-38(53)27-42(56)40(54)23-21-36(51)26-37(52)28-44(58)63-33(3)32(2)45(31)59/h6-19,31-43,45-46,51-57,59,61-62H,20-30H2,1-5H3,(H2,49,50,60)/b7-6+,10-8+,11-9+,14-12+,15-13+,18-16+,19-17+/t31-,32-,33-,34+,35-,36+,37+,38-,39-,40+,41-,42+,43-,45+,46-/m0/s1. The fraction of sp³-hybridized carbons (Fsp3) is 0.667. The molecule has 0 aromatic heterocycles. The molecular formula is C48H78N2O15. The molecule has 0 spiro atoms. The molecule has 0 radical (unpaired) electrons. The first-order valence-electron chi connectivity index (χ1n) is 22.8. The summed E-state index contributed by atoms with van der Waals surface area (Å²) in [6, 6.07) is -1.13. The highest BCUT2D eigenvalue weighted by Gasteiger charge is 2.36. The lowest BCUT2D eigenvalue weighted by Crippen LogP contribution is -2.48. The number of nitrogens with one attached hydrogen (secondary N) is 2. The largest absolute Gasteiger partial charge is 0.462 e. The number of esters is 1. The number of carbonyl (C=O) groups excluding carboxylic acids is 2. The predicted molar refractivity (Wildman–Crippen MR) is 244 cm³/mol. The topological polar surface area (TPSA) is 288 Å². The van der Waals surface area contributed by atoms with Gasteiger partial charge in [-0.05, 0) is 52.4 Å². The number of urea groups is 1. The molecule has 0 aliphatic carbocycles. The van der Waals surface area contributed by atoms with Crippen molar-refractivity contribution in [2.75, 3.05) is 7.05 Å².